The van der Waals surface area contributed by atoms with Gasteiger partial charge in [-0.05, 0) is 54.7 Å². The van der Waals surface area contributed by atoms with Crippen LogP contribution in [0.25, 0.3) is 11.1 Å². The molecule has 1 unspecified atom stereocenters. The van der Waals surface area contributed by atoms with Crippen molar-refractivity contribution >= 4 is 11.9 Å². The van der Waals surface area contributed by atoms with Crippen molar-refractivity contribution in [1.29, 1.82) is 5.41 Å². The number of ether oxygens (including phenoxy) is 2. The van der Waals surface area contributed by atoms with Crippen molar-refractivity contribution in [2.75, 3.05) is 19.0 Å². The van der Waals surface area contributed by atoms with E-state index in [1.54, 1.807) is 19.2 Å². The summed E-state index contributed by atoms with van der Waals surface area (Å²) >= 11 is 0. The minimum absolute atomic E-state index is 0.0442. The van der Waals surface area contributed by atoms with Gasteiger partial charge in [0.15, 0.2) is 0 Å². The fourth-order valence-electron chi connectivity index (χ4n) is 2.91. The molecule has 0 saturated carbocycles. The van der Waals surface area contributed by atoms with Gasteiger partial charge in [0, 0.05) is 18.5 Å². The molecule has 1 heterocycles. The average molecular weight is 326 g/mol. The van der Waals surface area contributed by atoms with E-state index in [2.05, 4.69) is 5.32 Å². The van der Waals surface area contributed by atoms with Crippen LogP contribution in [0.2, 0.25) is 0 Å². The van der Waals surface area contributed by atoms with Crippen molar-refractivity contribution in [3.8, 4) is 22.6 Å². The third-order valence-corrected chi connectivity index (χ3v) is 4.20. The molecule has 0 aromatic heterocycles. The Labute approximate surface area is 141 Å². The highest BCUT2D eigenvalue weighted by atomic mass is 16.5. The van der Waals surface area contributed by atoms with E-state index in [4.69, 9.17) is 14.9 Å². The monoisotopic (exact) mass is 326 g/mol. The van der Waals surface area contributed by atoms with E-state index in [9.17, 15) is 5.11 Å². The van der Waals surface area contributed by atoms with Crippen LogP contribution in [0.1, 0.15) is 24.8 Å². The fraction of sp³-hybridized carbons (Fsp3) is 0.316. The van der Waals surface area contributed by atoms with Crippen LogP contribution in [-0.2, 0) is 4.74 Å². The van der Waals surface area contributed by atoms with Gasteiger partial charge in [0.05, 0.1) is 12.7 Å². The van der Waals surface area contributed by atoms with E-state index in [0.717, 1.165) is 42.7 Å². The van der Waals surface area contributed by atoms with Crippen molar-refractivity contribution in [3.05, 3.63) is 42.0 Å². The first-order chi connectivity index (χ1) is 11.7. The molecule has 3 N–H and O–H groups in total. The van der Waals surface area contributed by atoms with Crippen molar-refractivity contribution in [2.45, 2.75) is 25.5 Å². The highest BCUT2D eigenvalue weighted by molar-refractivity contribution is 5.92. The number of benzene rings is 2. The molecule has 2 aromatic rings. The lowest BCUT2D eigenvalue weighted by molar-refractivity contribution is 0.0343. The standard InChI is InChI=1S/C19H22N2O3/c1-23-18-11-14(13-5-7-15(22)8-6-13)10-17(16(18)12-20)21-19-4-2-3-9-24-19/h5-8,10-12,19-22H,2-4,9H2,1H3. The molecule has 126 valence electrons. The highest BCUT2D eigenvalue weighted by Gasteiger charge is 2.17. The Kier molecular flexibility index (Phi) is 5.01. The molecule has 0 radical (unpaired) electrons. The number of nitrogens with one attached hydrogen (secondary N) is 2. The van der Waals surface area contributed by atoms with Gasteiger partial charge in [-0.2, -0.15) is 0 Å². The minimum atomic E-state index is -0.0442. The third kappa shape index (κ3) is 3.51. The molecule has 0 bridgehead atoms. The SMILES string of the molecule is COc1cc(-c2ccc(O)cc2)cc(NC2CCCCO2)c1C=N. The summed E-state index contributed by atoms with van der Waals surface area (Å²) in [6.45, 7) is 0.756. The molecular formula is C19H22N2O3. The Balaban J connectivity index is 1.99. The largest absolute Gasteiger partial charge is 0.508 e. The Morgan fingerprint density at radius 1 is 1.21 bits per heavy atom. The number of anilines is 1. The van der Waals surface area contributed by atoms with E-state index >= 15 is 0 Å². The van der Waals surface area contributed by atoms with E-state index in [0.29, 0.717) is 11.3 Å². The van der Waals surface area contributed by atoms with Gasteiger partial charge in [-0.25, -0.2) is 0 Å². The van der Waals surface area contributed by atoms with E-state index in [-0.39, 0.29) is 12.0 Å². The molecule has 0 aliphatic carbocycles. The molecule has 3 rings (SSSR count). The second kappa shape index (κ2) is 7.36. The third-order valence-electron chi connectivity index (χ3n) is 4.20. The van der Waals surface area contributed by atoms with Crippen LogP contribution in [0.4, 0.5) is 5.69 Å². The average Bonchev–Trinajstić information content (AvgIpc) is 2.62. The summed E-state index contributed by atoms with van der Waals surface area (Å²) in [6, 6.07) is 10.9. The van der Waals surface area contributed by atoms with Gasteiger partial charge in [-0.1, -0.05) is 12.1 Å². The maximum absolute atomic E-state index is 9.47. The quantitative estimate of drug-likeness (QED) is 0.726. The van der Waals surface area contributed by atoms with Gasteiger partial charge in [-0.3, -0.25) is 0 Å². The second-order valence-corrected chi connectivity index (χ2v) is 5.83. The fourth-order valence-corrected chi connectivity index (χ4v) is 2.91. The zero-order valence-corrected chi connectivity index (χ0v) is 13.7. The highest BCUT2D eigenvalue weighted by Crippen LogP contribution is 2.34. The van der Waals surface area contributed by atoms with E-state index in [1.807, 2.05) is 24.3 Å². The van der Waals surface area contributed by atoms with Gasteiger partial charge in [0.25, 0.3) is 0 Å². The Morgan fingerprint density at radius 3 is 2.62 bits per heavy atom. The van der Waals surface area contributed by atoms with E-state index in [1.165, 1.54) is 6.21 Å². The predicted octanol–water partition coefficient (Wildman–Crippen LogP) is 4.00. The van der Waals surface area contributed by atoms with Gasteiger partial charge in [0.1, 0.15) is 17.7 Å². The van der Waals surface area contributed by atoms with Crippen molar-refractivity contribution in [1.82, 2.24) is 0 Å². The molecule has 1 saturated heterocycles. The Hall–Kier alpha value is -2.53. The molecule has 1 fully saturated rings. The Bertz CT molecular complexity index is 707. The number of hydrogen-bond donors (Lipinski definition) is 3. The first-order valence-corrected chi connectivity index (χ1v) is 8.11. The number of methoxy groups -OCH3 is 1. The molecule has 5 heteroatoms. The number of aromatic hydroxyl groups is 1. The number of phenols is 1. The summed E-state index contributed by atoms with van der Waals surface area (Å²) in [4.78, 5) is 0. The number of rotatable bonds is 5. The summed E-state index contributed by atoms with van der Waals surface area (Å²) < 4.78 is 11.2. The lowest BCUT2D eigenvalue weighted by Gasteiger charge is -2.26. The Morgan fingerprint density at radius 2 is 2.00 bits per heavy atom. The molecule has 1 aliphatic heterocycles. The normalized spacial score (nSPS) is 17.3. The van der Waals surface area contributed by atoms with Crippen LogP contribution in [0, 0.1) is 5.41 Å². The van der Waals surface area contributed by atoms with Crippen molar-refractivity contribution in [3.63, 3.8) is 0 Å². The smallest absolute Gasteiger partial charge is 0.130 e. The topological polar surface area (TPSA) is 74.6 Å². The molecule has 0 amide bonds. The van der Waals surface area contributed by atoms with Crippen molar-refractivity contribution < 1.29 is 14.6 Å². The van der Waals surface area contributed by atoms with Crippen LogP contribution in [0.5, 0.6) is 11.5 Å². The summed E-state index contributed by atoms with van der Waals surface area (Å²) in [5, 5.41) is 20.6. The van der Waals surface area contributed by atoms with Gasteiger partial charge in [-0.15, -0.1) is 0 Å². The predicted molar refractivity (Wildman–Crippen MR) is 95.2 cm³/mol. The second-order valence-electron chi connectivity index (χ2n) is 5.83. The van der Waals surface area contributed by atoms with Gasteiger partial charge in [0.2, 0.25) is 0 Å². The molecule has 5 nitrogen and oxygen atoms in total. The van der Waals surface area contributed by atoms with Crippen LogP contribution in [0.3, 0.4) is 0 Å². The summed E-state index contributed by atoms with van der Waals surface area (Å²) in [6.07, 6.45) is 4.42. The maximum atomic E-state index is 9.47. The molecule has 24 heavy (non-hydrogen) atoms. The summed E-state index contributed by atoms with van der Waals surface area (Å²) in [5.41, 5.74) is 3.44. The van der Waals surface area contributed by atoms with Crippen LogP contribution >= 0.6 is 0 Å². The first kappa shape index (κ1) is 16.3. The van der Waals surface area contributed by atoms with Crippen LogP contribution in [-0.4, -0.2) is 31.3 Å². The molecule has 1 aliphatic rings. The van der Waals surface area contributed by atoms with Gasteiger partial charge < -0.3 is 25.3 Å². The summed E-state index contributed by atoms with van der Waals surface area (Å²) in [7, 11) is 1.60. The molecule has 0 spiro atoms. The summed E-state index contributed by atoms with van der Waals surface area (Å²) in [5.74, 6) is 0.865. The van der Waals surface area contributed by atoms with Crippen molar-refractivity contribution in [2.24, 2.45) is 0 Å². The zero-order chi connectivity index (χ0) is 16.9. The van der Waals surface area contributed by atoms with E-state index < -0.39 is 0 Å². The lowest BCUT2D eigenvalue weighted by Crippen LogP contribution is -2.27. The lowest BCUT2D eigenvalue weighted by atomic mass is 10.0. The van der Waals surface area contributed by atoms with Crippen LogP contribution in [0.15, 0.2) is 36.4 Å². The molecular weight excluding hydrogens is 304 g/mol. The first-order valence-electron chi connectivity index (χ1n) is 8.11. The minimum Gasteiger partial charge on any atom is -0.508 e. The molecule has 2 aromatic carbocycles. The maximum Gasteiger partial charge on any atom is 0.130 e. The van der Waals surface area contributed by atoms with Gasteiger partial charge >= 0.3 is 0 Å². The molecule has 1 atom stereocenters. The number of hydrogen-bond acceptors (Lipinski definition) is 5. The zero-order valence-electron chi connectivity index (χ0n) is 13.7. The number of phenolic OH excluding ortho intramolecular Hbond substituents is 1. The van der Waals surface area contributed by atoms with Crippen LogP contribution < -0.4 is 10.1 Å².